The van der Waals surface area contributed by atoms with Gasteiger partial charge in [0.05, 0.1) is 10.7 Å². The minimum absolute atomic E-state index is 0.177. The van der Waals surface area contributed by atoms with Crippen LogP contribution in [0.15, 0.2) is 65.3 Å². The van der Waals surface area contributed by atoms with Crippen LogP contribution in [0.2, 0.25) is 0 Å². The molecule has 1 heterocycles. The summed E-state index contributed by atoms with van der Waals surface area (Å²) in [5.74, 6) is -0.177. The van der Waals surface area contributed by atoms with E-state index in [1.165, 1.54) is 0 Å². The van der Waals surface area contributed by atoms with Gasteiger partial charge in [0.2, 0.25) is 0 Å². The Balaban J connectivity index is 1.78. The second-order valence-corrected chi connectivity index (χ2v) is 5.91. The van der Waals surface area contributed by atoms with Gasteiger partial charge in [0.15, 0.2) is 0 Å². The fourth-order valence-corrected chi connectivity index (χ4v) is 2.87. The third kappa shape index (κ3) is 3.35. The number of nitrogens with one attached hydrogen (secondary N) is 1. The summed E-state index contributed by atoms with van der Waals surface area (Å²) in [7, 11) is 0. The lowest BCUT2D eigenvalue weighted by molar-refractivity contribution is 0.101. The second kappa shape index (κ2) is 6.79. The highest BCUT2D eigenvalue weighted by atomic mass is 79.9. The monoisotopic (exact) mass is 369 g/mol. The Kier molecular flexibility index (Phi) is 4.57. The Morgan fingerprint density at radius 3 is 2.39 bits per heavy atom. The molecule has 0 bridgehead atoms. The number of hydrogen-bond acceptors (Lipinski definition) is 2. The maximum Gasteiger partial charge on any atom is 0.275 e. The molecule has 0 fully saturated rings. The average molecular weight is 370 g/mol. The van der Waals surface area contributed by atoms with E-state index in [-0.39, 0.29) is 5.91 Å². The first-order chi connectivity index (χ1) is 11.2. The van der Waals surface area contributed by atoms with Gasteiger partial charge < -0.3 is 5.32 Å². The summed E-state index contributed by atoms with van der Waals surface area (Å²) in [6.45, 7) is 2.59. The van der Waals surface area contributed by atoms with Crippen molar-refractivity contribution in [1.29, 1.82) is 0 Å². The minimum atomic E-state index is -0.177. The molecule has 1 aromatic heterocycles. The maximum atomic E-state index is 12.4. The topological polar surface area (TPSA) is 46.9 Å². The number of carbonyl (C=O) groups is 1. The lowest BCUT2D eigenvalue weighted by atomic mass is 10.1. The predicted molar refractivity (Wildman–Crippen MR) is 95.4 cm³/mol. The van der Waals surface area contributed by atoms with Gasteiger partial charge in [-0.1, -0.05) is 42.5 Å². The highest BCUT2D eigenvalue weighted by Crippen LogP contribution is 2.22. The molecular weight excluding hydrogens is 354 g/mol. The molecule has 1 N–H and O–H groups in total. The lowest BCUT2D eigenvalue weighted by Crippen LogP contribution is -2.17. The summed E-state index contributed by atoms with van der Waals surface area (Å²) in [6.07, 6.45) is 1.64. The molecule has 0 spiro atoms. The molecule has 0 saturated heterocycles. The van der Waals surface area contributed by atoms with Crippen LogP contribution in [0.25, 0.3) is 11.1 Å². The van der Waals surface area contributed by atoms with Crippen LogP contribution in [0, 0.1) is 0 Å². The van der Waals surface area contributed by atoms with Crippen molar-refractivity contribution in [1.82, 2.24) is 9.78 Å². The molecule has 116 valence electrons. The van der Waals surface area contributed by atoms with Crippen LogP contribution in [0.5, 0.6) is 0 Å². The third-order valence-electron chi connectivity index (χ3n) is 3.56. The minimum Gasteiger partial charge on any atom is -0.321 e. The van der Waals surface area contributed by atoms with Crippen LogP contribution in [-0.2, 0) is 6.54 Å². The van der Waals surface area contributed by atoms with E-state index in [0.29, 0.717) is 16.7 Å². The van der Waals surface area contributed by atoms with Crippen molar-refractivity contribution in [3.63, 3.8) is 0 Å². The van der Waals surface area contributed by atoms with E-state index >= 15 is 0 Å². The second-order valence-electron chi connectivity index (χ2n) is 5.05. The van der Waals surface area contributed by atoms with E-state index in [4.69, 9.17) is 0 Å². The van der Waals surface area contributed by atoms with Gasteiger partial charge in [-0.3, -0.25) is 9.48 Å². The summed E-state index contributed by atoms with van der Waals surface area (Å²) in [4.78, 5) is 12.4. The number of nitrogens with zero attached hydrogens (tertiary/aromatic N) is 2. The van der Waals surface area contributed by atoms with Gasteiger partial charge >= 0.3 is 0 Å². The first-order valence-corrected chi connectivity index (χ1v) is 8.16. The van der Waals surface area contributed by atoms with Gasteiger partial charge in [-0.15, -0.1) is 0 Å². The Morgan fingerprint density at radius 2 is 1.74 bits per heavy atom. The quantitative estimate of drug-likeness (QED) is 0.731. The number of halogens is 1. The van der Waals surface area contributed by atoms with Gasteiger partial charge in [-0.05, 0) is 46.1 Å². The van der Waals surface area contributed by atoms with Crippen LogP contribution in [0.3, 0.4) is 0 Å². The number of anilines is 1. The molecule has 2 aromatic carbocycles. The number of aryl methyl sites for hydroxylation is 1. The van der Waals surface area contributed by atoms with Crippen LogP contribution >= 0.6 is 15.9 Å². The van der Waals surface area contributed by atoms with Gasteiger partial charge in [0.25, 0.3) is 5.91 Å². The van der Waals surface area contributed by atoms with Crippen molar-refractivity contribution in [2.24, 2.45) is 0 Å². The Hall–Kier alpha value is -2.40. The van der Waals surface area contributed by atoms with Crippen LogP contribution in [-0.4, -0.2) is 15.7 Å². The highest BCUT2D eigenvalue weighted by molar-refractivity contribution is 9.10. The zero-order valence-electron chi connectivity index (χ0n) is 12.7. The molecule has 0 aliphatic rings. The maximum absolute atomic E-state index is 12.4. The molecule has 3 rings (SSSR count). The van der Waals surface area contributed by atoms with Crippen molar-refractivity contribution in [3.05, 3.63) is 71.0 Å². The van der Waals surface area contributed by atoms with Crippen LogP contribution in [0.4, 0.5) is 5.69 Å². The Morgan fingerprint density at radius 1 is 1.09 bits per heavy atom. The first kappa shape index (κ1) is 15.5. The molecule has 4 nitrogen and oxygen atoms in total. The fraction of sp³-hybridized carbons (Fsp3) is 0.111. The molecule has 1 amide bonds. The normalized spacial score (nSPS) is 10.5. The summed E-state index contributed by atoms with van der Waals surface area (Å²) in [5, 5.41) is 7.07. The number of aromatic nitrogens is 2. The summed E-state index contributed by atoms with van der Waals surface area (Å²) in [5.41, 5.74) is 3.55. The first-order valence-electron chi connectivity index (χ1n) is 7.37. The van der Waals surface area contributed by atoms with Gasteiger partial charge in [-0.25, -0.2) is 0 Å². The third-order valence-corrected chi connectivity index (χ3v) is 4.14. The van der Waals surface area contributed by atoms with Crippen molar-refractivity contribution in [2.45, 2.75) is 13.5 Å². The summed E-state index contributed by atoms with van der Waals surface area (Å²) in [6, 6.07) is 17.9. The highest BCUT2D eigenvalue weighted by Gasteiger charge is 2.16. The molecule has 0 radical (unpaired) electrons. The molecular formula is C18H16BrN3O. The van der Waals surface area contributed by atoms with Crippen LogP contribution in [0.1, 0.15) is 17.4 Å². The summed E-state index contributed by atoms with van der Waals surface area (Å²) >= 11 is 3.37. The number of rotatable bonds is 4. The van der Waals surface area contributed by atoms with E-state index in [1.807, 2.05) is 49.4 Å². The standard InChI is InChI=1S/C18H16BrN3O/c1-2-22-17(16(19)12-20-22)18(23)21-15-10-8-14(9-11-15)13-6-4-3-5-7-13/h3-12H,2H2,1H3,(H,21,23). The average Bonchev–Trinajstić information content (AvgIpc) is 2.97. The zero-order valence-corrected chi connectivity index (χ0v) is 14.2. The van der Waals surface area contributed by atoms with Crippen LogP contribution < -0.4 is 5.32 Å². The van der Waals surface area contributed by atoms with E-state index in [0.717, 1.165) is 16.8 Å². The largest absolute Gasteiger partial charge is 0.321 e. The van der Waals surface area contributed by atoms with E-state index in [9.17, 15) is 4.79 Å². The number of carbonyl (C=O) groups excluding carboxylic acids is 1. The predicted octanol–water partition coefficient (Wildman–Crippen LogP) is 4.58. The molecule has 0 aliphatic heterocycles. The fourth-order valence-electron chi connectivity index (χ4n) is 2.39. The van der Waals surface area contributed by atoms with Gasteiger partial charge in [-0.2, -0.15) is 5.10 Å². The number of hydrogen-bond donors (Lipinski definition) is 1. The zero-order chi connectivity index (χ0) is 16.2. The Labute approximate surface area is 143 Å². The number of amides is 1. The van der Waals surface area contributed by atoms with E-state index in [2.05, 4.69) is 38.5 Å². The van der Waals surface area contributed by atoms with Crippen molar-refractivity contribution >= 4 is 27.5 Å². The molecule has 3 aromatic rings. The Bertz CT molecular complexity index is 810. The summed E-state index contributed by atoms with van der Waals surface area (Å²) < 4.78 is 2.36. The van der Waals surface area contributed by atoms with Crippen molar-refractivity contribution in [2.75, 3.05) is 5.32 Å². The van der Waals surface area contributed by atoms with Crippen molar-refractivity contribution in [3.8, 4) is 11.1 Å². The smallest absolute Gasteiger partial charge is 0.275 e. The number of benzene rings is 2. The SMILES string of the molecule is CCn1ncc(Br)c1C(=O)Nc1ccc(-c2ccccc2)cc1. The van der Waals surface area contributed by atoms with E-state index < -0.39 is 0 Å². The van der Waals surface area contributed by atoms with Gasteiger partial charge in [0.1, 0.15) is 5.69 Å². The van der Waals surface area contributed by atoms with Gasteiger partial charge in [0, 0.05) is 12.2 Å². The molecule has 0 saturated carbocycles. The molecule has 0 aliphatic carbocycles. The lowest BCUT2D eigenvalue weighted by Gasteiger charge is -2.08. The molecule has 0 atom stereocenters. The molecule has 23 heavy (non-hydrogen) atoms. The molecule has 0 unspecified atom stereocenters. The molecule has 5 heteroatoms. The van der Waals surface area contributed by atoms with E-state index in [1.54, 1.807) is 10.9 Å². The van der Waals surface area contributed by atoms with Crippen molar-refractivity contribution < 1.29 is 4.79 Å².